The van der Waals surface area contributed by atoms with Gasteiger partial charge in [0.2, 0.25) is 0 Å². The maximum Gasteiger partial charge on any atom is 0.120 e. The van der Waals surface area contributed by atoms with E-state index in [0.29, 0.717) is 12.0 Å². The Labute approximate surface area is 97.2 Å². The van der Waals surface area contributed by atoms with Gasteiger partial charge in [-0.3, -0.25) is 0 Å². The Morgan fingerprint density at radius 1 is 1.56 bits per heavy atom. The van der Waals surface area contributed by atoms with Crippen molar-refractivity contribution in [1.29, 1.82) is 0 Å². The van der Waals surface area contributed by atoms with E-state index in [1.165, 1.54) is 6.42 Å². The van der Waals surface area contributed by atoms with Gasteiger partial charge in [0, 0.05) is 12.6 Å². The number of nitrogens with one attached hydrogen (secondary N) is 1. The summed E-state index contributed by atoms with van der Waals surface area (Å²) < 4.78 is 10.9. The zero-order valence-corrected chi connectivity index (χ0v) is 10.1. The highest BCUT2D eigenvalue weighted by Gasteiger charge is 2.26. The number of hydrogen-bond acceptors (Lipinski definition) is 3. The van der Waals surface area contributed by atoms with Crippen LogP contribution < -0.4 is 5.32 Å². The fourth-order valence-electron chi connectivity index (χ4n) is 2.40. The van der Waals surface area contributed by atoms with E-state index in [1.807, 2.05) is 12.1 Å². The standard InChI is InChI=1S/C13H21NO2/c1-3-12(11-6-8-15-9-11)14-10(2)13-5-4-7-16-13/h4-5,7,10-12,14H,3,6,8-9H2,1-2H3. The molecule has 1 aromatic rings. The summed E-state index contributed by atoms with van der Waals surface area (Å²) in [4.78, 5) is 0. The predicted molar refractivity (Wildman–Crippen MR) is 63.3 cm³/mol. The molecule has 0 radical (unpaired) electrons. The highest BCUT2D eigenvalue weighted by atomic mass is 16.5. The van der Waals surface area contributed by atoms with Gasteiger partial charge in [0.1, 0.15) is 5.76 Å². The third-order valence-electron chi connectivity index (χ3n) is 3.41. The molecule has 1 saturated heterocycles. The zero-order chi connectivity index (χ0) is 11.4. The van der Waals surface area contributed by atoms with E-state index in [2.05, 4.69) is 19.2 Å². The summed E-state index contributed by atoms with van der Waals surface area (Å²) in [6, 6.07) is 4.77. The van der Waals surface area contributed by atoms with E-state index >= 15 is 0 Å². The summed E-state index contributed by atoms with van der Waals surface area (Å²) in [5.74, 6) is 1.67. The molecule has 1 fully saturated rings. The molecule has 0 aliphatic carbocycles. The van der Waals surface area contributed by atoms with Gasteiger partial charge in [0.25, 0.3) is 0 Å². The van der Waals surface area contributed by atoms with E-state index in [4.69, 9.17) is 9.15 Å². The van der Waals surface area contributed by atoms with Crippen LogP contribution >= 0.6 is 0 Å². The first-order valence-corrected chi connectivity index (χ1v) is 6.18. The molecule has 0 bridgehead atoms. The Morgan fingerprint density at radius 2 is 2.44 bits per heavy atom. The smallest absolute Gasteiger partial charge is 0.120 e. The summed E-state index contributed by atoms with van der Waals surface area (Å²) >= 11 is 0. The second-order valence-corrected chi connectivity index (χ2v) is 4.54. The molecule has 2 rings (SSSR count). The molecule has 2 heterocycles. The van der Waals surface area contributed by atoms with Gasteiger partial charge in [0.15, 0.2) is 0 Å². The van der Waals surface area contributed by atoms with Gasteiger partial charge in [0.05, 0.1) is 18.9 Å². The molecule has 1 aliphatic heterocycles. The molecule has 0 amide bonds. The van der Waals surface area contributed by atoms with Gasteiger partial charge < -0.3 is 14.5 Å². The van der Waals surface area contributed by atoms with Crippen molar-refractivity contribution >= 4 is 0 Å². The normalized spacial score (nSPS) is 24.5. The molecule has 1 aliphatic rings. The van der Waals surface area contributed by atoms with Crippen molar-refractivity contribution in [3.63, 3.8) is 0 Å². The molecule has 3 nitrogen and oxygen atoms in total. The molecule has 0 aromatic carbocycles. The molecule has 3 heteroatoms. The van der Waals surface area contributed by atoms with Gasteiger partial charge in [-0.1, -0.05) is 6.92 Å². The van der Waals surface area contributed by atoms with E-state index < -0.39 is 0 Å². The van der Waals surface area contributed by atoms with E-state index in [0.717, 1.165) is 25.4 Å². The predicted octanol–water partition coefficient (Wildman–Crippen LogP) is 2.75. The lowest BCUT2D eigenvalue weighted by atomic mass is 9.96. The SMILES string of the molecule is CCC(NC(C)c1ccco1)C1CCOC1. The van der Waals surface area contributed by atoms with Crippen LogP contribution in [0.2, 0.25) is 0 Å². The first kappa shape index (κ1) is 11.7. The third-order valence-corrected chi connectivity index (χ3v) is 3.41. The van der Waals surface area contributed by atoms with Crippen LogP contribution in [0.5, 0.6) is 0 Å². The highest BCUT2D eigenvalue weighted by molar-refractivity contribution is 5.03. The van der Waals surface area contributed by atoms with Crippen molar-refractivity contribution in [2.24, 2.45) is 5.92 Å². The van der Waals surface area contributed by atoms with Crippen LogP contribution in [0.25, 0.3) is 0 Å². The largest absolute Gasteiger partial charge is 0.468 e. The molecule has 3 atom stereocenters. The van der Waals surface area contributed by atoms with E-state index in [9.17, 15) is 0 Å². The number of ether oxygens (including phenoxy) is 1. The van der Waals surface area contributed by atoms with Crippen LogP contribution in [0.1, 0.15) is 38.5 Å². The van der Waals surface area contributed by atoms with E-state index in [-0.39, 0.29) is 6.04 Å². The van der Waals surface area contributed by atoms with Gasteiger partial charge in [-0.25, -0.2) is 0 Å². The van der Waals surface area contributed by atoms with Crippen molar-refractivity contribution < 1.29 is 9.15 Å². The maximum absolute atomic E-state index is 5.45. The Hall–Kier alpha value is -0.800. The van der Waals surface area contributed by atoms with Gasteiger partial charge in [-0.15, -0.1) is 0 Å². The monoisotopic (exact) mass is 223 g/mol. The topological polar surface area (TPSA) is 34.4 Å². The highest BCUT2D eigenvalue weighted by Crippen LogP contribution is 2.22. The Kier molecular flexibility index (Phi) is 4.02. The molecule has 0 spiro atoms. The lowest BCUT2D eigenvalue weighted by Gasteiger charge is -2.25. The van der Waals surface area contributed by atoms with E-state index in [1.54, 1.807) is 6.26 Å². The fourth-order valence-corrected chi connectivity index (χ4v) is 2.40. The quantitative estimate of drug-likeness (QED) is 0.833. The summed E-state index contributed by atoms with van der Waals surface area (Å²) in [5, 5.41) is 3.64. The zero-order valence-electron chi connectivity index (χ0n) is 10.1. The van der Waals surface area contributed by atoms with Gasteiger partial charge in [-0.2, -0.15) is 0 Å². The van der Waals surface area contributed by atoms with Crippen molar-refractivity contribution in [2.75, 3.05) is 13.2 Å². The maximum atomic E-state index is 5.45. The van der Waals surface area contributed by atoms with Crippen LogP contribution in [0.15, 0.2) is 22.8 Å². The molecule has 90 valence electrons. The minimum absolute atomic E-state index is 0.278. The minimum atomic E-state index is 0.278. The number of rotatable bonds is 5. The summed E-state index contributed by atoms with van der Waals surface area (Å²) in [7, 11) is 0. The van der Waals surface area contributed by atoms with Gasteiger partial charge in [-0.05, 0) is 37.8 Å². The Bertz CT molecular complexity index is 291. The fraction of sp³-hybridized carbons (Fsp3) is 0.692. The number of furan rings is 1. The summed E-state index contributed by atoms with van der Waals surface area (Å²) in [6.45, 7) is 6.19. The van der Waals surface area contributed by atoms with Crippen molar-refractivity contribution in [2.45, 2.75) is 38.8 Å². The average Bonchev–Trinajstić information content (AvgIpc) is 2.96. The first-order valence-electron chi connectivity index (χ1n) is 6.18. The number of hydrogen-bond donors (Lipinski definition) is 1. The summed E-state index contributed by atoms with van der Waals surface area (Å²) in [6.07, 6.45) is 4.04. The Morgan fingerprint density at radius 3 is 3.00 bits per heavy atom. The first-order chi connectivity index (χ1) is 7.81. The lowest BCUT2D eigenvalue weighted by molar-refractivity contribution is 0.173. The third kappa shape index (κ3) is 2.66. The van der Waals surface area contributed by atoms with Crippen molar-refractivity contribution in [1.82, 2.24) is 5.32 Å². The summed E-state index contributed by atoms with van der Waals surface area (Å²) in [5.41, 5.74) is 0. The second-order valence-electron chi connectivity index (χ2n) is 4.54. The second kappa shape index (κ2) is 5.51. The van der Waals surface area contributed by atoms with Crippen molar-refractivity contribution in [3.05, 3.63) is 24.2 Å². The molecule has 1 aromatic heterocycles. The van der Waals surface area contributed by atoms with Crippen LogP contribution in [-0.4, -0.2) is 19.3 Å². The van der Waals surface area contributed by atoms with Crippen LogP contribution in [0, 0.1) is 5.92 Å². The Balaban J connectivity index is 1.90. The van der Waals surface area contributed by atoms with Crippen molar-refractivity contribution in [3.8, 4) is 0 Å². The van der Waals surface area contributed by atoms with Crippen LogP contribution in [0.4, 0.5) is 0 Å². The average molecular weight is 223 g/mol. The molecule has 16 heavy (non-hydrogen) atoms. The molecule has 3 unspecified atom stereocenters. The van der Waals surface area contributed by atoms with Crippen LogP contribution in [-0.2, 0) is 4.74 Å². The molecule has 1 N–H and O–H groups in total. The minimum Gasteiger partial charge on any atom is -0.468 e. The van der Waals surface area contributed by atoms with Crippen LogP contribution in [0.3, 0.4) is 0 Å². The van der Waals surface area contributed by atoms with Gasteiger partial charge >= 0.3 is 0 Å². The molecular weight excluding hydrogens is 202 g/mol. The lowest BCUT2D eigenvalue weighted by Crippen LogP contribution is -2.37. The molecule has 0 saturated carbocycles. The molecular formula is C13H21NO2.